The van der Waals surface area contributed by atoms with E-state index in [4.69, 9.17) is 0 Å². The molecule has 4 heteroatoms. The second kappa shape index (κ2) is 9.76. The van der Waals surface area contributed by atoms with Crippen LogP contribution in [0.1, 0.15) is 42.7 Å². The number of nitrogens with zero attached hydrogens (tertiary/aromatic N) is 2. The van der Waals surface area contributed by atoms with Crippen molar-refractivity contribution in [3.8, 4) is 0 Å². The quantitative estimate of drug-likeness (QED) is 0.795. The van der Waals surface area contributed by atoms with Crippen molar-refractivity contribution in [1.29, 1.82) is 0 Å². The van der Waals surface area contributed by atoms with Crippen LogP contribution in [0.2, 0.25) is 0 Å². The molecule has 0 aromatic heterocycles. The molecular formula is C26H34N2O2. The zero-order valence-electron chi connectivity index (χ0n) is 17.9. The lowest BCUT2D eigenvalue weighted by Gasteiger charge is -2.43. The van der Waals surface area contributed by atoms with Gasteiger partial charge >= 0.3 is 0 Å². The molecule has 4 nitrogen and oxygen atoms in total. The topological polar surface area (TPSA) is 43.8 Å². The number of aliphatic hydroxyl groups is 1. The fourth-order valence-electron chi connectivity index (χ4n) is 5.22. The summed E-state index contributed by atoms with van der Waals surface area (Å²) in [5.41, 5.74) is 2.45. The first-order valence-corrected chi connectivity index (χ1v) is 11.4. The Hall–Kier alpha value is -2.17. The van der Waals surface area contributed by atoms with E-state index in [1.54, 1.807) is 0 Å². The number of amides is 1. The summed E-state index contributed by atoms with van der Waals surface area (Å²) in [4.78, 5) is 17.4. The van der Waals surface area contributed by atoms with Crippen molar-refractivity contribution in [2.75, 3.05) is 39.3 Å². The normalized spacial score (nSPS) is 23.4. The highest BCUT2D eigenvalue weighted by molar-refractivity contribution is 5.78. The van der Waals surface area contributed by atoms with E-state index >= 15 is 0 Å². The van der Waals surface area contributed by atoms with Gasteiger partial charge in [-0.25, -0.2) is 0 Å². The van der Waals surface area contributed by atoms with Crippen LogP contribution < -0.4 is 0 Å². The van der Waals surface area contributed by atoms with Crippen molar-refractivity contribution < 1.29 is 9.90 Å². The summed E-state index contributed by atoms with van der Waals surface area (Å²) >= 11 is 0. The lowest BCUT2D eigenvalue weighted by molar-refractivity contribution is -0.137. The maximum Gasteiger partial charge on any atom is 0.236 e. The molecule has 0 aliphatic carbocycles. The number of carbonyl (C=O) groups is 1. The minimum Gasteiger partial charge on any atom is -0.396 e. The van der Waals surface area contributed by atoms with Crippen LogP contribution in [0.25, 0.3) is 0 Å². The zero-order chi connectivity index (χ0) is 20.8. The van der Waals surface area contributed by atoms with Crippen molar-refractivity contribution in [2.24, 2.45) is 5.41 Å². The molecule has 0 saturated carbocycles. The lowest BCUT2D eigenvalue weighted by Crippen LogP contribution is -2.52. The van der Waals surface area contributed by atoms with Crippen LogP contribution >= 0.6 is 0 Å². The SMILES string of the molecule is O=C(CN1CCC(c2ccccc2)CC1)N1CCCC(CO)(Cc2ccccc2)C1. The summed E-state index contributed by atoms with van der Waals surface area (Å²) in [6.07, 6.45) is 5.01. The molecule has 2 heterocycles. The predicted octanol–water partition coefficient (Wildman–Crippen LogP) is 3.71. The van der Waals surface area contributed by atoms with Gasteiger partial charge in [-0.1, -0.05) is 60.7 Å². The van der Waals surface area contributed by atoms with Crippen LogP contribution in [0.15, 0.2) is 60.7 Å². The number of piperidine rings is 2. The van der Waals surface area contributed by atoms with E-state index < -0.39 is 0 Å². The first-order chi connectivity index (χ1) is 14.7. The van der Waals surface area contributed by atoms with Crippen LogP contribution in [-0.4, -0.2) is 60.1 Å². The Kier molecular flexibility index (Phi) is 6.86. The van der Waals surface area contributed by atoms with Gasteiger partial charge in [0.05, 0.1) is 13.2 Å². The average Bonchev–Trinajstić information content (AvgIpc) is 2.81. The van der Waals surface area contributed by atoms with Gasteiger partial charge in [0.25, 0.3) is 0 Å². The maximum absolute atomic E-state index is 13.1. The van der Waals surface area contributed by atoms with Crippen molar-refractivity contribution in [3.05, 3.63) is 71.8 Å². The molecule has 30 heavy (non-hydrogen) atoms. The second-order valence-corrected chi connectivity index (χ2v) is 9.20. The third-order valence-corrected chi connectivity index (χ3v) is 6.99. The van der Waals surface area contributed by atoms with Crippen molar-refractivity contribution in [2.45, 2.75) is 38.0 Å². The molecule has 160 valence electrons. The van der Waals surface area contributed by atoms with E-state index in [2.05, 4.69) is 47.4 Å². The average molecular weight is 407 g/mol. The molecule has 1 unspecified atom stereocenters. The number of hydrogen-bond donors (Lipinski definition) is 1. The van der Waals surface area contributed by atoms with Crippen LogP contribution in [0.5, 0.6) is 0 Å². The molecule has 1 N–H and O–H groups in total. The maximum atomic E-state index is 13.1. The first-order valence-electron chi connectivity index (χ1n) is 11.4. The molecule has 1 atom stereocenters. The second-order valence-electron chi connectivity index (χ2n) is 9.20. The van der Waals surface area contributed by atoms with Crippen molar-refractivity contribution in [1.82, 2.24) is 9.80 Å². The van der Waals surface area contributed by atoms with Gasteiger partial charge < -0.3 is 10.0 Å². The van der Waals surface area contributed by atoms with E-state index in [9.17, 15) is 9.90 Å². The van der Waals surface area contributed by atoms with E-state index in [1.807, 2.05) is 23.1 Å². The highest BCUT2D eigenvalue weighted by atomic mass is 16.3. The predicted molar refractivity (Wildman–Crippen MR) is 120 cm³/mol. The number of benzene rings is 2. The van der Waals surface area contributed by atoms with Gasteiger partial charge in [0.2, 0.25) is 5.91 Å². The minimum atomic E-state index is -0.213. The first kappa shape index (κ1) is 21.1. The van der Waals surface area contributed by atoms with Gasteiger partial charge in [0, 0.05) is 18.5 Å². The third-order valence-electron chi connectivity index (χ3n) is 6.99. The highest BCUT2D eigenvalue weighted by Crippen LogP contribution is 2.34. The smallest absolute Gasteiger partial charge is 0.236 e. The number of rotatable bonds is 6. The highest BCUT2D eigenvalue weighted by Gasteiger charge is 2.37. The Morgan fingerprint density at radius 3 is 2.30 bits per heavy atom. The molecule has 0 spiro atoms. The van der Waals surface area contributed by atoms with Gasteiger partial charge in [-0.2, -0.15) is 0 Å². The fourth-order valence-corrected chi connectivity index (χ4v) is 5.22. The molecule has 1 amide bonds. The molecular weight excluding hydrogens is 372 g/mol. The molecule has 2 aliphatic heterocycles. The molecule has 0 radical (unpaired) electrons. The van der Waals surface area contributed by atoms with E-state index in [-0.39, 0.29) is 17.9 Å². The Labute approximate surface area is 180 Å². The number of hydrogen-bond acceptors (Lipinski definition) is 3. The Morgan fingerprint density at radius 1 is 0.967 bits per heavy atom. The van der Waals surface area contributed by atoms with E-state index in [0.717, 1.165) is 51.7 Å². The van der Waals surface area contributed by atoms with E-state index in [0.29, 0.717) is 19.0 Å². The Balaban J connectivity index is 1.31. The molecule has 2 aromatic rings. The Bertz CT molecular complexity index is 802. The summed E-state index contributed by atoms with van der Waals surface area (Å²) < 4.78 is 0. The van der Waals surface area contributed by atoms with E-state index in [1.165, 1.54) is 11.1 Å². The van der Waals surface area contributed by atoms with Crippen LogP contribution in [0.4, 0.5) is 0 Å². The standard InChI is InChI=1S/C26H34N2O2/c29-21-26(18-22-8-3-1-4-9-22)14-7-15-28(20-26)25(30)19-27-16-12-24(13-17-27)23-10-5-2-6-11-23/h1-6,8-11,24,29H,7,12-21H2. The van der Waals surface area contributed by atoms with Crippen LogP contribution in [-0.2, 0) is 11.2 Å². The van der Waals surface area contributed by atoms with Gasteiger partial charge in [0.1, 0.15) is 0 Å². The van der Waals surface area contributed by atoms with Gasteiger partial charge in [-0.3, -0.25) is 9.69 Å². The van der Waals surface area contributed by atoms with Crippen molar-refractivity contribution >= 4 is 5.91 Å². The van der Waals surface area contributed by atoms with Crippen LogP contribution in [0, 0.1) is 5.41 Å². The molecule has 0 bridgehead atoms. The molecule has 2 fully saturated rings. The summed E-state index contributed by atoms with van der Waals surface area (Å²) in [5.74, 6) is 0.833. The lowest BCUT2D eigenvalue weighted by atomic mass is 9.75. The summed E-state index contributed by atoms with van der Waals surface area (Å²) in [6.45, 7) is 4.08. The summed E-state index contributed by atoms with van der Waals surface area (Å²) in [6, 6.07) is 21.1. The monoisotopic (exact) mass is 406 g/mol. The van der Waals surface area contributed by atoms with Gasteiger partial charge in [-0.05, 0) is 62.2 Å². The van der Waals surface area contributed by atoms with Crippen LogP contribution in [0.3, 0.4) is 0 Å². The summed E-state index contributed by atoms with van der Waals surface area (Å²) in [7, 11) is 0. The Morgan fingerprint density at radius 2 is 1.63 bits per heavy atom. The molecule has 2 aliphatic rings. The molecule has 2 saturated heterocycles. The minimum absolute atomic E-state index is 0.133. The fraction of sp³-hybridized carbons (Fsp3) is 0.500. The molecule has 2 aromatic carbocycles. The number of aliphatic hydroxyl groups excluding tert-OH is 1. The largest absolute Gasteiger partial charge is 0.396 e. The van der Waals surface area contributed by atoms with Gasteiger partial charge in [-0.15, -0.1) is 0 Å². The zero-order valence-corrected chi connectivity index (χ0v) is 17.9. The third kappa shape index (κ3) is 5.11. The molecule has 4 rings (SSSR count). The van der Waals surface area contributed by atoms with Crippen molar-refractivity contribution in [3.63, 3.8) is 0 Å². The summed E-state index contributed by atoms with van der Waals surface area (Å²) in [5, 5.41) is 10.2. The number of likely N-dealkylation sites (tertiary alicyclic amines) is 2. The number of carbonyl (C=O) groups excluding carboxylic acids is 1. The van der Waals surface area contributed by atoms with Gasteiger partial charge in [0.15, 0.2) is 0 Å².